The van der Waals surface area contributed by atoms with Crippen LogP contribution in [0.1, 0.15) is 44.7 Å². The fourth-order valence-corrected chi connectivity index (χ4v) is 4.34. The number of rotatable bonds is 9. The third-order valence-electron chi connectivity index (χ3n) is 5.39. The Morgan fingerprint density at radius 2 is 1.83 bits per heavy atom. The van der Waals surface area contributed by atoms with Crippen LogP contribution in [-0.2, 0) is 14.6 Å². The van der Waals surface area contributed by atoms with Crippen molar-refractivity contribution in [1.82, 2.24) is 16.0 Å². The molecular formula is C21H37IN4O3S. The van der Waals surface area contributed by atoms with Crippen LogP contribution in [-0.4, -0.2) is 64.8 Å². The van der Waals surface area contributed by atoms with Gasteiger partial charge in [0.05, 0.1) is 5.75 Å². The van der Waals surface area contributed by atoms with E-state index in [-0.39, 0.29) is 47.4 Å². The summed E-state index contributed by atoms with van der Waals surface area (Å²) in [4.78, 5) is 4.31. The fourth-order valence-electron chi connectivity index (χ4n) is 3.56. The standard InChI is InChI=1S/C21H36N4O3S.HI/c1-17(10-15-29(4,26)27)24-20(22-3)23-16-21(11-13-28-14-12-21)25-18(2)19-8-6-5-7-9-19;/h5-9,17-18,25H,10-16H2,1-4H3,(H2,22,23,24);1H. The van der Waals surface area contributed by atoms with E-state index in [4.69, 9.17) is 4.74 Å². The lowest BCUT2D eigenvalue weighted by Gasteiger charge is -2.41. The lowest BCUT2D eigenvalue weighted by molar-refractivity contribution is 0.0354. The first-order valence-electron chi connectivity index (χ1n) is 10.3. The second-order valence-electron chi connectivity index (χ2n) is 8.06. The van der Waals surface area contributed by atoms with E-state index >= 15 is 0 Å². The van der Waals surface area contributed by atoms with Crippen LogP contribution < -0.4 is 16.0 Å². The van der Waals surface area contributed by atoms with Crippen LogP contribution in [0.15, 0.2) is 35.3 Å². The molecule has 0 amide bonds. The molecule has 1 aromatic rings. The Bertz CT molecular complexity index is 753. The van der Waals surface area contributed by atoms with Crippen LogP contribution in [0.4, 0.5) is 0 Å². The number of nitrogens with one attached hydrogen (secondary N) is 3. The number of nitrogens with zero attached hydrogens (tertiary/aromatic N) is 1. The predicted octanol–water partition coefficient (Wildman–Crippen LogP) is 2.49. The molecule has 172 valence electrons. The summed E-state index contributed by atoms with van der Waals surface area (Å²) >= 11 is 0. The van der Waals surface area contributed by atoms with Crippen molar-refractivity contribution in [2.45, 2.75) is 50.7 Å². The van der Waals surface area contributed by atoms with Gasteiger partial charge in [0.2, 0.25) is 0 Å². The van der Waals surface area contributed by atoms with Crippen LogP contribution in [0.5, 0.6) is 0 Å². The summed E-state index contributed by atoms with van der Waals surface area (Å²) < 4.78 is 28.4. The number of hydrogen-bond acceptors (Lipinski definition) is 5. The first-order chi connectivity index (χ1) is 13.7. The van der Waals surface area contributed by atoms with Gasteiger partial charge in [-0.15, -0.1) is 24.0 Å². The zero-order valence-corrected chi connectivity index (χ0v) is 21.6. The van der Waals surface area contributed by atoms with E-state index in [1.807, 2.05) is 13.0 Å². The van der Waals surface area contributed by atoms with Crippen molar-refractivity contribution in [1.29, 1.82) is 0 Å². The molecule has 1 aliphatic rings. The van der Waals surface area contributed by atoms with E-state index in [1.165, 1.54) is 11.8 Å². The van der Waals surface area contributed by atoms with Crippen LogP contribution in [0.25, 0.3) is 0 Å². The first-order valence-corrected chi connectivity index (χ1v) is 12.3. The van der Waals surface area contributed by atoms with Gasteiger partial charge in [-0.1, -0.05) is 30.3 Å². The molecule has 1 fully saturated rings. The minimum absolute atomic E-state index is 0. The number of ether oxygens (including phenoxy) is 1. The minimum Gasteiger partial charge on any atom is -0.381 e. The molecule has 2 unspecified atom stereocenters. The molecule has 0 bridgehead atoms. The highest BCUT2D eigenvalue weighted by atomic mass is 127. The number of aliphatic imine (C=N–C) groups is 1. The summed E-state index contributed by atoms with van der Waals surface area (Å²) in [6.45, 7) is 6.33. The molecule has 2 rings (SSSR count). The fraction of sp³-hybridized carbons (Fsp3) is 0.667. The van der Waals surface area contributed by atoms with E-state index < -0.39 is 9.84 Å². The van der Waals surface area contributed by atoms with Gasteiger partial charge in [0.25, 0.3) is 0 Å². The predicted molar refractivity (Wildman–Crippen MR) is 134 cm³/mol. The maximum atomic E-state index is 11.4. The second kappa shape index (κ2) is 12.8. The molecule has 3 N–H and O–H groups in total. The summed E-state index contributed by atoms with van der Waals surface area (Å²) in [5.74, 6) is 0.848. The van der Waals surface area contributed by atoms with Gasteiger partial charge in [-0.3, -0.25) is 4.99 Å². The molecule has 0 saturated carbocycles. The molecule has 2 atom stereocenters. The molecule has 0 aromatic heterocycles. The van der Waals surface area contributed by atoms with Gasteiger partial charge < -0.3 is 20.7 Å². The van der Waals surface area contributed by atoms with Crippen molar-refractivity contribution >= 4 is 39.8 Å². The number of sulfone groups is 1. The summed E-state index contributed by atoms with van der Waals surface area (Å²) in [5.41, 5.74) is 1.16. The third-order valence-corrected chi connectivity index (χ3v) is 6.37. The summed E-state index contributed by atoms with van der Waals surface area (Å²) in [6.07, 6.45) is 3.64. The molecule has 0 radical (unpaired) electrons. The Morgan fingerprint density at radius 3 is 2.40 bits per heavy atom. The molecule has 0 spiro atoms. The van der Waals surface area contributed by atoms with E-state index in [0.717, 1.165) is 26.1 Å². The van der Waals surface area contributed by atoms with Crippen molar-refractivity contribution in [3.05, 3.63) is 35.9 Å². The molecule has 1 aromatic carbocycles. The smallest absolute Gasteiger partial charge is 0.191 e. The highest BCUT2D eigenvalue weighted by molar-refractivity contribution is 14.0. The van der Waals surface area contributed by atoms with Gasteiger partial charge in [0, 0.05) is 50.7 Å². The van der Waals surface area contributed by atoms with Gasteiger partial charge in [-0.05, 0) is 38.7 Å². The molecule has 30 heavy (non-hydrogen) atoms. The largest absolute Gasteiger partial charge is 0.381 e. The van der Waals surface area contributed by atoms with Crippen molar-refractivity contribution in [2.24, 2.45) is 4.99 Å². The molecule has 0 aliphatic carbocycles. The van der Waals surface area contributed by atoms with Crippen molar-refractivity contribution in [2.75, 3.05) is 38.8 Å². The van der Waals surface area contributed by atoms with Crippen molar-refractivity contribution < 1.29 is 13.2 Å². The number of halogens is 1. The highest BCUT2D eigenvalue weighted by Crippen LogP contribution is 2.25. The average molecular weight is 553 g/mol. The molecule has 1 aliphatic heterocycles. The van der Waals surface area contributed by atoms with Gasteiger partial charge in [0.1, 0.15) is 9.84 Å². The van der Waals surface area contributed by atoms with Crippen molar-refractivity contribution in [3.8, 4) is 0 Å². The lowest BCUT2D eigenvalue weighted by Crippen LogP contribution is -2.58. The first kappa shape index (κ1) is 27.1. The Balaban J connectivity index is 0.00000450. The summed E-state index contributed by atoms with van der Waals surface area (Å²) in [5, 5.41) is 10.6. The van der Waals surface area contributed by atoms with Crippen LogP contribution in [0.3, 0.4) is 0 Å². The third kappa shape index (κ3) is 9.49. The summed E-state index contributed by atoms with van der Waals surface area (Å²) in [6, 6.07) is 10.7. The molecular weight excluding hydrogens is 515 g/mol. The quantitative estimate of drug-likeness (QED) is 0.248. The Morgan fingerprint density at radius 1 is 1.20 bits per heavy atom. The second-order valence-corrected chi connectivity index (χ2v) is 10.3. The summed E-state index contributed by atoms with van der Waals surface area (Å²) in [7, 11) is -1.23. The molecule has 7 nitrogen and oxygen atoms in total. The van der Waals surface area contributed by atoms with E-state index in [0.29, 0.717) is 18.9 Å². The topological polar surface area (TPSA) is 91.8 Å². The monoisotopic (exact) mass is 552 g/mol. The average Bonchev–Trinajstić information content (AvgIpc) is 2.70. The van der Waals surface area contributed by atoms with E-state index in [1.54, 1.807) is 7.05 Å². The van der Waals surface area contributed by atoms with E-state index in [2.05, 4.69) is 52.1 Å². The number of hydrogen-bond donors (Lipinski definition) is 3. The van der Waals surface area contributed by atoms with Gasteiger partial charge in [-0.25, -0.2) is 8.42 Å². The lowest BCUT2D eigenvalue weighted by atomic mass is 9.88. The maximum absolute atomic E-state index is 11.4. The van der Waals surface area contributed by atoms with Crippen LogP contribution in [0, 0.1) is 0 Å². The Labute approximate surface area is 198 Å². The van der Waals surface area contributed by atoms with Gasteiger partial charge in [-0.2, -0.15) is 0 Å². The van der Waals surface area contributed by atoms with E-state index in [9.17, 15) is 8.42 Å². The molecule has 1 heterocycles. The highest BCUT2D eigenvalue weighted by Gasteiger charge is 2.34. The normalized spacial score (nSPS) is 18.7. The van der Waals surface area contributed by atoms with Gasteiger partial charge >= 0.3 is 0 Å². The number of guanidine groups is 1. The zero-order valence-electron chi connectivity index (χ0n) is 18.5. The molecule has 9 heteroatoms. The Hall–Kier alpha value is -0.910. The van der Waals surface area contributed by atoms with Crippen LogP contribution in [0.2, 0.25) is 0 Å². The number of benzene rings is 1. The van der Waals surface area contributed by atoms with Gasteiger partial charge in [0.15, 0.2) is 5.96 Å². The van der Waals surface area contributed by atoms with Crippen LogP contribution >= 0.6 is 24.0 Å². The Kier molecular flexibility index (Phi) is 11.6. The molecule has 1 saturated heterocycles. The zero-order chi connectivity index (χ0) is 21.3. The maximum Gasteiger partial charge on any atom is 0.191 e. The minimum atomic E-state index is -2.96. The van der Waals surface area contributed by atoms with Crippen molar-refractivity contribution in [3.63, 3.8) is 0 Å². The SMILES string of the molecule is CN=C(NCC1(NC(C)c2ccccc2)CCOCC1)NC(C)CCS(C)(=O)=O.I.